The molecule has 9 nitrogen and oxygen atoms in total. The van der Waals surface area contributed by atoms with E-state index in [4.69, 9.17) is 15.0 Å². The van der Waals surface area contributed by atoms with E-state index >= 15 is 0 Å². The van der Waals surface area contributed by atoms with Crippen molar-refractivity contribution in [3.63, 3.8) is 0 Å². The summed E-state index contributed by atoms with van der Waals surface area (Å²) >= 11 is 0. The lowest BCUT2D eigenvalue weighted by Gasteiger charge is -2.40. The molecule has 2 aliphatic rings. The Morgan fingerprint density at radius 3 is 2.34 bits per heavy atom. The van der Waals surface area contributed by atoms with Crippen LogP contribution in [0.1, 0.15) is 24.2 Å². The van der Waals surface area contributed by atoms with E-state index in [0.717, 1.165) is 80.7 Å². The van der Waals surface area contributed by atoms with Gasteiger partial charge in [0.25, 0.3) is 0 Å². The third-order valence-corrected chi connectivity index (χ3v) is 9.09. The monoisotopic (exact) mass is 581 g/mol. The fourth-order valence-electron chi connectivity index (χ4n) is 6.73. The van der Waals surface area contributed by atoms with Gasteiger partial charge in [-0.15, -0.1) is 0 Å². The number of nitrogens with one attached hydrogen (secondary N) is 3. The van der Waals surface area contributed by atoms with Crippen LogP contribution in [0, 0.1) is 13.8 Å². The zero-order chi connectivity index (χ0) is 29.8. The highest BCUT2D eigenvalue weighted by Gasteiger charge is 2.37. The number of aromatic nitrogens is 5. The Morgan fingerprint density at radius 2 is 1.55 bits per heavy atom. The maximum Gasteiger partial charge on any atom is 0.157 e. The molecule has 2 aromatic carbocycles. The van der Waals surface area contributed by atoms with Crippen molar-refractivity contribution < 1.29 is 0 Å². The molecule has 2 fully saturated rings. The maximum atomic E-state index is 4.82. The van der Waals surface area contributed by atoms with E-state index < -0.39 is 0 Å². The summed E-state index contributed by atoms with van der Waals surface area (Å²) in [7, 11) is 2.28. The van der Waals surface area contributed by atoms with Crippen molar-refractivity contribution in [2.75, 3.05) is 35.7 Å². The lowest BCUT2D eigenvalue weighted by molar-refractivity contribution is 0.212. The van der Waals surface area contributed by atoms with Gasteiger partial charge in [-0.3, -0.25) is 19.9 Å². The highest BCUT2D eigenvalue weighted by atomic mass is 15.3. The van der Waals surface area contributed by atoms with Gasteiger partial charge in [0.2, 0.25) is 0 Å². The zero-order valence-corrected chi connectivity index (χ0v) is 25.2. The first-order valence-corrected chi connectivity index (χ1v) is 15.3. The molecule has 220 valence electrons. The third-order valence-electron chi connectivity index (χ3n) is 9.09. The van der Waals surface area contributed by atoms with E-state index in [-0.39, 0.29) is 0 Å². The van der Waals surface area contributed by atoms with E-state index in [1.165, 1.54) is 18.5 Å². The second-order valence-corrected chi connectivity index (χ2v) is 12.2. The molecule has 2 aliphatic heterocycles. The van der Waals surface area contributed by atoms with E-state index in [1.54, 1.807) is 0 Å². The first-order chi connectivity index (χ1) is 21.4. The Balaban J connectivity index is 1.03. The molecule has 2 saturated heterocycles. The van der Waals surface area contributed by atoms with Crippen LogP contribution in [-0.4, -0.2) is 62.0 Å². The average molecular weight is 582 g/mol. The number of aryl methyl sites for hydroxylation is 2. The van der Waals surface area contributed by atoms with Crippen LogP contribution in [0.15, 0.2) is 79.1 Å². The van der Waals surface area contributed by atoms with Crippen LogP contribution >= 0.6 is 0 Å². The van der Waals surface area contributed by atoms with Crippen molar-refractivity contribution in [3.8, 4) is 11.5 Å². The van der Waals surface area contributed by atoms with Crippen LogP contribution in [0.25, 0.3) is 33.5 Å². The van der Waals surface area contributed by atoms with Gasteiger partial charge in [-0.2, -0.15) is 0 Å². The number of likely N-dealkylation sites (N-methyl/N-ethyl adjacent to an activating group) is 1. The van der Waals surface area contributed by atoms with Gasteiger partial charge >= 0.3 is 0 Å². The summed E-state index contributed by atoms with van der Waals surface area (Å²) in [5, 5.41) is 8.18. The van der Waals surface area contributed by atoms with Crippen molar-refractivity contribution in [1.82, 2.24) is 29.8 Å². The fourth-order valence-corrected chi connectivity index (χ4v) is 6.73. The Hall–Kier alpha value is -5.02. The van der Waals surface area contributed by atoms with E-state index in [9.17, 15) is 0 Å². The number of pyridine rings is 3. The molecule has 0 radical (unpaired) electrons. The molecule has 0 spiro atoms. The molecule has 0 unspecified atom stereocenters. The summed E-state index contributed by atoms with van der Waals surface area (Å²) in [6.07, 6.45) is 6.26. The van der Waals surface area contributed by atoms with Gasteiger partial charge in [0.1, 0.15) is 5.69 Å². The minimum Gasteiger partial charge on any atom is -0.368 e. The Labute approximate surface area is 256 Å². The summed E-state index contributed by atoms with van der Waals surface area (Å²) in [5.41, 5.74) is 10.8. The largest absolute Gasteiger partial charge is 0.368 e. The van der Waals surface area contributed by atoms with Crippen LogP contribution in [0.4, 0.5) is 28.4 Å². The molecule has 9 heteroatoms. The average Bonchev–Trinajstić information content (AvgIpc) is 3.51. The Kier molecular flexibility index (Phi) is 6.41. The van der Waals surface area contributed by atoms with Gasteiger partial charge in [-0.25, -0.2) is 4.98 Å². The van der Waals surface area contributed by atoms with Crippen molar-refractivity contribution in [2.45, 2.75) is 38.8 Å². The van der Waals surface area contributed by atoms with E-state index in [0.29, 0.717) is 12.1 Å². The van der Waals surface area contributed by atoms with Gasteiger partial charge < -0.3 is 20.5 Å². The van der Waals surface area contributed by atoms with Gasteiger partial charge in [0, 0.05) is 70.9 Å². The summed E-state index contributed by atoms with van der Waals surface area (Å²) in [6, 6.07) is 24.2. The molecule has 8 rings (SSSR count). The number of fused-ring (bicyclic) bond motifs is 4. The fraction of sp³-hybridized carbons (Fsp3) is 0.257. The number of hydrogen-bond donors (Lipinski definition) is 3. The minimum atomic E-state index is 0.643. The summed E-state index contributed by atoms with van der Waals surface area (Å²) < 4.78 is 0. The number of aromatic amines is 1. The number of piperazine rings is 1. The molecule has 44 heavy (non-hydrogen) atoms. The lowest BCUT2D eigenvalue weighted by atomic mass is 10.1. The predicted molar refractivity (Wildman–Crippen MR) is 178 cm³/mol. The number of rotatable bonds is 6. The number of nitrogens with zero attached hydrogens (tertiary/aromatic N) is 6. The highest BCUT2D eigenvalue weighted by molar-refractivity contribution is 5.95. The van der Waals surface area contributed by atoms with Crippen molar-refractivity contribution in [3.05, 3.63) is 90.5 Å². The molecular formula is C35H35N9. The third kappa shape index (κ3) is 4.99. The number of H-pyrrole nitrogens is 1. The molecule has 0 amide bonds. The van der Waals surface area contributed by atoms with Gasteiger partial charge in [0.05, 0.1) is 28.4 Å². The SMILES string of the molecule is Cc1cc(Nc2ccc3nc(-c4ccc(Nc5cc(C)nc6ccc(N7C[C@H]8CC[C@@H](C7)N8C)cc56)cn4)[nH]c3c2)ccn1. The maximum absolute atomic E-state index is 4.82. The topological polar surface area (TPSA) is 97.9 Å². The number of hydrogen-bond acceptors (Lipinski definition) is 8. The molecular weight excluding hydrogens is 546 g/mol. The van der Waals surface area contributed by atoms with Gasteiger partial charge in [0.15, 0.2) is 5.82 Å². The Bertz CT molecular complexity index is 1980. The smallest absolute Gasteiger partial charge is 0.157 e. The normalized spacial score (nSPS) is 18.3. The molecule has 0 saturated carbocycles. The molecule has 6 aromatic rings. The summed E-state index contributed by atoms with van der Waals surface area (Å²) in [4.78, 5) is 27.2. The van der Waals surface area contributed by atoms with E-state index in [2.05, 4.69) is 73.8 Å². The highest BCUT2D eigenvalue weighted by Crippen LogP contribution is 2.35. The summed E-state index contributed by atoms with van der Waals surface area (Å²) in [6.45, 7) is 6.18. The molecule has 4 aromatic heterocycles. The number of benzene rings is 2. The summed E-state index contributed by atoms with van der Waals surface area (Å²) in [5.74, 6) is 0.736. The van der Waals surface area contributed by atoms with Crippen LogP contribution in [0.5, 0.6) is 0 Å². The van der Waals surface area contributed by atoms with E-state index in [1.807, 2.05) is 56.6 Å². The second-order valence-electron chi connectivity index (χ2n) is 12.2. The molecule has 2 atom stereocenters. The van der Waals surface area contributed by atoms with Crippen LogP contribution in [0.3, 0.4) is 0 Å². The van der Waals surface area contributed by atoms with Crippen LogP contribution in [-0.2, 0) is 0 Å². The zero-order valence-electron chi connectivity index (χ0n) is 25.2. The molecule has 3 N–H and O–H groups in total. The number of anilines is 5. The quantitative estimate of drug-likeness (QED) is 0.194. The standard InChI is InChI=1S/C35H35N9/c1-21-14-24(12-13-36-21)39-23-4-9-31-34(16-23)42-35(41-31)32-10-5-25(18-37-32)40-33-15-22(2)38-30-11-8-26(17-29(30)33)44-19-27-6-7-28(20-44)43(27)3/h4-5,8-18,27-28H,6-7,19-20H2,1-3H3,(H,36,39)(H,38,40)(H,41,42)/t27-,28+. The molecule has 2 bridgehead atoms. The molecule has 0 aliphatic carbocycles. The van der Waals surface area contributed by atoms with Gasteiger partial charge in [-0.1, -0.05) is 0 Å². The van der Waals surface area contributed by atoms with Crippen LogP contribution < -0.4 is 15.5 Å². The number of imidazole rings is 1. The van der Waals surface area contributed by atoms with Crippen molar-refractivity contribution in [1.29, 1.82) is 0 Å². The first-order valence-electron chi connectivity index (χ1n) is 15.3. The molecule has 6 heterocycles. The Morgan fingerprint density at radius 1 is 0.750 bits per heavy atom. The van der Waals surface area contributed by atoms with Crippen molar-refractivity contribution >= 4 is 50.4 Å². The van der Waals surface area contributed by atoms with Crippen LogP contribution in [0.2, 0.25) is 0 Å². The predicted octanol–water partition coefficient (Wildman–Crippen LogP) is 6.95. The second kappa shape index (κ2) is 10.6. The lowest BCUT2D eigenvalue weighted by Crippen LogP contribution is -2.52. The minimum absolute atomic E-state index is 0.643. The van der Waals surface area contributed by atoms with Crippen molar-refractivity contribution in [2.24, 2.45) is 0 Å². The van der Waals surface area contributed by atoms with Gasteiger partial charge in [-0.05, 0) is 100 Å². The first kappa shape index (κ1) is 26.6.